The van der Waals surface area contributed by atoms with Crippen LogP contribution in [0.1, 0.15) is 45.9 Å². The summed E-state index contributed by atoms with van der Waals surface area (Å²) in [6.07, 6.45) is 1.39. The number of nitrogens with one attached hydrogen (secondary N) is 1. The molecule has 3 rings (SSSR count). The highest BCUT2D eigenvalue weighted by Crippen LogP contribution is 2.40. The van der Waals surface area contributed by atoms with Gasteiger partial charge in [0.2, 0.25) is 5.91 Å². The first-order valence-corrected chi connectivity index (χ1v) is 8.52. The number of rotatable bonds is 2. The van der Waals surface area contributed by atoms with Crippen molar-refractivity contribution in [3.8, 4) is 0 Å². The molecule has 5 heteroatoms. The first-order valence-electron chi connectivity index (χ1n) is 8.52. The minimum Gasteiger partial charge on any atom is -0.459 e. The molecule has 132 valence electrons. The number of H-pyrrole nitrogens is 1. The van der Waals surface area contributed by atoms with E-state index in [-0.39, 0.29) is 17.4 Å². The molecule has 1 aromatic carbocycles. The fourth-order valence-corrected chi connectivity index (χ4v) is 3.45. The second-order valence-corrected chi connectivity index (χ2v) is 7.45. The summed E-state index contributed by atoms with van der Waals surface area (Å²) in [5, 5.41) is 1.07. The Bertz CT molecular complexity index is 874. The number of amides is 1. The molecule has 0 saturated heterocycles. The Morgan fingerprint density at radius 3 is 2.56 bits per heavy atom. The van der Waals surface area contributed by atoms with Crippen LogP contribution in [-0.4, -0.2) is 34.4 Å². The second-order valence-electron chi connectivity index (χ2n) is 7.45. The van der Waals surface area contributed by atoms with Crippen molar-refractivity contribution in [1.29, 1.82) is 0 Å². The Morgan fingerprint density at radius 1 is 1.24 bits per heavy atom. The molecule has 0 fully saturated rings. The van der Waals surface area contributed by atoms with Crippen LogP contribution in [0.2, 0.25) is 0 Å². The predicted octanol–water partition coefficient (Wildman–Crippen LogP) is 3.60. The van der Waals surface area contributed by atoms with Crippen LogP contribution in [0.25, 0.3) is 16.5 Å². The minimum absolute atomic E-state index is 0.0996. The maximum absolute atomic E-state index is 12.7. The number of nitrogens with zero attached hydrogens (tertiary/aromatic N) is 1. The van der Waals surface area contributed by atoms with Crippen LogP contribution in [0.5, 0.6) is 0 Å². The first kappa shape index (κ1) is 17.3. The molecule has 2 heterocycles. The van der Waals surface area contributed by atoms with Crippen LogP contribution in [0.15, 0.2) is 30.5 Å². The molecule has 0 saturated carbocycles. The van der Waals surface area contributed by atoms with E-state index in [1.165, 1.54) is 6.92 Å². The van der Waals surface area contributed by atoms with Crippen LogP contribution in [0, 0.1) is 0 Å². The number of aromatic amines is 1. The second kappa shape index (κ2) is 6.06. The monoisotopic (exact) mass is 340 g/mol. The van der Waals surface area contributed by atoms with Gasteiger partial charge in [0.1, 0.15) is 0 Å². The largest absolute Gasteiger partial charge is 0.459 e. The zero-order valence-corrected chi connectivity index (χ0v) is 15.3. The average molecular weight is 340 g/mol. The van der Waals surface area contributed by atoms with Crippen molar-refractivity contribution in [3.63, 3.8) is 0 Å². The van der Waals surface area contributed by atoms with Crippen molar-refractivity contribution in [3.05, 3.63) is 41.7 Å². The smallest absolute Gasteiger partial charge is 0.342 e. The quantitative estimate of drug-likeness (QED) is 0.850. The van der Waals surface area contributed by atoms with Crippen molar-refractivity contribution in [2.45, 2.75) is 46.1 Å². The summed E-state index contributed by atoms with van der Waals surface area (Å²) in [6, 6.07) is 7.98. The van der Waals surface area contributed by atoms with E-state index in [4.69, 9.17) is 4.74 Å². The molecule has 25 heavy (non-hydrogen) atoms. The van der Waals surface area contributed by atoms with Gasteiger partial charge in [-0.25, -0.2) is 4.79 Å². The molecule has 0 unspecified atom stereocenters. The lowest BCUT2D eigenvalue weighted by Gasteiger charge is -2.29. The van der Waals surface area contributed by atoms with Gasteiger partial charge >= 0.3 is 5.97 Å². The summed E-state index contributed by atoms with van der Waals surface area (Å²) in [5.41, 5.74) is 2.82. The van der Waals surface area contributed by atoms with E-state index in [9.17, 15) is 9.59 Å². The van der Waals surface area contributed by atoms with Crippen LogP contribution < -0.4 is 0 Å². The van der Waals surface area contributed by atoms with Gasteiger partial charge in [0, 0.05) is 36.0 Å². The number of para-hydroxylation sites is 1. The molecule has 1 aromatic heterocycles. The molecule has 1 amide bonds. The van der Waals surface area contributed by atoms with E-state index >= 15 is 0 Å². The number of esters is 1. The Morgan fingerprint density at radius 2 is 1.92 bits per heavy atom. The standard InChI is InChI=1S/C20H24N2O3/c1-12(2)25-19(24)15-10-22(13(3)23)11-20(4,5)17-14-8-6-7-9-16(14)21-18(15)17/h6-10,12,21H,11H2,1-5H3. The van der Waals surface area contributed by atoms with Crippen molar-refractivity contribution in [2.24, 2.45) is 0 Å². The highest BCUT2D eigenvalue weighted by atomic mass is 16.5. The van der Waals surface area contributed by atoms with Gasteiger partial charge < -0.3 is 14.6 Å². The van der Waals surface area contributed by atoms with Gasteiger partial charge in [-0.05, 0) is 25.5 Å². The predicted molar refractivity (Wildman–Crippen MR) is 97.9 cm³/mol. The van der Waals surface area contributed by atoms with E-state index in [1.807, 2.05) is 38.1 Å². The molecule has 2 aromatic rings. The summed E-state index contributed by atoms with van der Waals surface area (Å²) in [4.78, 5) is 29.8. The van der Waals surface area contributed by atoms with Gasteiger partial charge in [-0.1, -0.05) is 32.0 Å². The zero-order valence-electron chi connectivity index (χ0n) is 15.3. The first-order chi connectivity index (χ1) is 11.7. The summed E-state index contributed by atoms with van der Waals surface area (Å²) in [7, 11) is 0. The number of carbonyl (C=O) groups is 2. The molecule has 0 aliphatic carbocycles. The van der Waals surface area contributed by atoms with Gasteiger partial charge in [-0.15, -0.1) is 0 Å². The number of hydrogen-bond acceptors (Lipinski definition) is 3. The van der Waals surface area contributed by atoms with Gasteiger partial charge in [-0.2, -0.15) is 0 Å². The Kier molecular flexibility index (Phi) is 4.19. The molecule has 0 spiro atoms. The van der Waals surface area contributed by atoms with E-state index in [2.05, 4.69) is 18.8 Å². The minimum atomic E-state index is -0.424. The SMILES string of the molecule is CC(=O)N1C=C(C(=O)OC(C)C)c2[nH]c3ccccc3c2C(C)(C)C1. The Hall–Kier alpha value is -2.56. The topological polar surface area (TPSA) is 62.4 Å². The maximum atomic E-state index is 12.7. The molecule has 0 radical (unpaired) electrons. The number of benzene rings is 1. The van der Waals surface area contributed by atoms with Crippen LogP contribution >= 0.6 is 0 Å². The summed E-state index contributed by atoms with van der Waals surface area (Å²) >= 11 is 0. The van der Waals surface area contributed by atoms with E-state index < -0.39 is 5.97 Å². The lowest BCUT2D eigenvalue weighted by molar-refractivity contribution is -0.140. The molecular formula is C20H24N2O3. The summed E-state index contributed by atoms with van der Waals surface area (Å²) in [6.45, 7) is 9.81. The third-order valence-corrected chi connectivity index (χ3v) is 4.47. The number of fused-ring (bicyclic) bond motifs is 3. The van der Waals surface area contributed by atoms with Crippen LogP contribution in [-0.2, 0) is 19.7 Å². The molecule has 0 atom stereocenters. The van der Waals surface area contributed by atoms with Crippen LogP contribution in [0.3, 0.4) is 0 Å². The van der Waals surface area contributed by atoms with Crippen LogP contribution in [0.4, 0.5) is 0 Å². The molecule has 0 bridgehead atoms. The normalized spacial score (nSPS) is 16.4. The van der Waals surface area contributed by atoms with E-state index in [0.717, 1.165) is 22.2 Å². The Labute approximate surface area is 147 Å². The number of aromatic nitrogens is 1. The summed E-state index contributed by atoms with van der Waals surface area (Å²) in [5.74, 6) is -0.524. The van der Waals surface area contributed by atoms with Gasteiger partial charge in [0.25, 0.3) is 0 Å². The number of carbonyl (C=O) groups excluding carboxylic acids is 2. The van der Waals surface area contributed by atoms with E-state index in [0.29, 0.717) is 12.1 Å². The van der Waals surface area contributed by atoms with Gasteiger partial charge in [-0.3, -0.25) is 4.79 Å². The lowest BCUT2D eigenvalue weighted by atomic mass is 9.82. The number of hydrogen-bond donors (Lipinski definition) is 1. The zero-order chi connectivity index (χ0) is 18.4. The Balaban J connectivity index is 2.27. The highest BCUT2D eigenvalue weighted by Gasteiger charge is 2.36. The van der Waals surface area contributed by atoms with Gasteiger partial charge in [0.15, 0.2) is 0 Å². The lowest BCUT2D eigenvalue weighted by Crippen LogP contribution is -2.35. The third kappa shape index (κ3) is 3.06. The van der Waals surface area contributed by atoms with Crippen molar-refractivity contribution >= 4 is 28.4 Å². The highest BCUT2D eigenvalue weighted by molar-refractivity contribution is 6.18. The van der Waals surface area contributed by atoms with Crippen molar-refractivity contribution < 1.29 is 14.3 Å². The van der Waals surface area contributed by atoms with Crippen molar-refractivity contribution in [2.75, 3.05) is 6.54 Å². The molecule has 1 N–H and O–H groups in total. The van der Waals surface area contributed by atoms with E-state index in [1.54, 1.807) is 11.1 Å². The van der Waals surface area contributed by atoms with Crippen molar-refractivity contribution in [1.82, 2.24) is 9.88 Å². The fourth-order valence-electron chi connectivity index (χ4n) is 3.45. The molecular weight excluding hydrogens is 316 g/mol. The molecule has 1 aliphatic rings. The third-order valence-electron chi connectivity index (χ3n) is 4.47. The number of ether oxygens (including phenoxy) is 1. The molecule has 1 aliphatic heterocycles. The fraction of sp³-hybridized carbons (Fsp3) is 0.400. The molecule has 5 nitrogen and oxygen atoms in total. The maximum Gasteiger partial charge on any atom is 0.342 e. The summed E-state index contributed by atoms with van der Waals surface area (Å²) < 4.78 is 5.43. The average Bonchev–Trinajstić information content (AvgIpc) is 2.84. The van der Waals surface area contributed by atoms with Gasteiger partial charge in [0.05, 0.1) is 17.4 Å².